The minimum atomic E-state index is -0.745. The van der Waals surface area contributed by atoms with E-state index in [1.165, 1.54) is 15.7 Å². The lowest BCUT2D eigenvalue weighted by Crippen LogP contribution is -2.42. The highest BCUT2D eigenvalue weighted by Crippen LogP contribution is 2.33. The van der Waals surface area contributed by atoms with Gasteiger partial charge in [0.25, 0.3) is 0 Å². The Morgan fingerprint density at radius 2 is 1.69 bits per heavy atom. The molecule has 138 valence electrons. The van der Waals surface area contributed by atoms with Crippen LogP contribution in [0.15, 0.2) is 48.5 Å². The van der Waals surface area contributed by atoms with Gasteiger partial charge in [0.15, 0.2) is 5.78 Å². The molecule has 26 heavy (non-hydrogen) atoms. The van der Waals surface area contributed by atoms with E-state index < -0.39 is 5.60 Å². The fraction of sp³-hybridized carbons (Fsp3) is 0.381. The van der Waals surface area contributed by atoms with Gasteiger partial charge in [-0.25, -0.2) is 4.39 Å². The Labute approximate surface area is 167 Å². The summed E-state index contributed by atoms with van der Waals surface area (Å²) in [6, 6.07) is 13.8. The molecule has 3 nitrogen and oxygen atoms in total. The number of likely N-dealkylation sites (tertiary alicyclic amines) is 1. The number of nitrogens with zero attached hydrogens (tertiary/aromatic N) is 1. The summed E-state index contributed by atoms with van der Waals surface area (Å²) >= 11 is 2.27. The van der Waals surface area contributed by atoms with Crippen LogP contribution in [0.2, 0.25) is 0 Å². The van der Waals surface area contributed by atoms with E-state index in [9.17, 15) is 14.3 Å². The smallest absolute Gasteiger partial charge is 0.162 e. The van der Waals surface area contributed by atoms with Crippen molar-refractivity contribution in [2.24, 2.45) is 0 Å². The van der Waals surface area contributed by atoms with Crippen molar-refractivity contribution in [3.63, 3.8) is 0 Å². The second kappa shape index (κ2) is 8.59. The second-order valence-corrected chi connectivity index (χ2v) is 8.16. The fourth-order valence-electron chi connectivity index (χ4n) is 3.44. The van der Waals surface area contributed by atoms with Crippen molar-refractivity contribution in [3.05, 3.63) is 69.0 Å². The monoisotopic (exact) mass is 462 g/mol. The Kier molecular flexibility index (Phi) is 6.42. The molecule has 2 aromatic carbocycles. The zero-order valence-corrected chi connectivity index (χ0v) is 16.8. The highest BCUT2D eigenvalue weighted by Gasteiger charge is 2.33. The van der Waals surface area contributed by atoms with E-state index in [2.05, 4.69) is 27.5 Å². The number of benzene rings is 2. The summed E-state index contributed by atoms with van der Waals surface area (Å²) in [4.78, 5) is 14.4. The molecule has 0 spiro atoms. The van der Waals surface area contributed by atoms with Crippen LogP contribution < -0.4 is 0 Å². The number of piperidine rings is 1. The van der Waals surface area contributed by atoms with Crippen molar-refractivity contribution in [1.82, 2.24) is 4.90 Å². The maximum Gasteiger partial charge on any atom is 0.162 e. The number of halogens is 2. The molecular weight excluding hydrogens is 439 g/mol. The molecule has 1 fully saturated rings. The minimum Gasteiger partial charge on any atom is -0.385 e. The van der Waals surface area contributed by atoms with E-state index in [-0.39, 0.29) is 11.6 Å². The molecule has 5 heteroatoms. The number of carbonyl (C=O) groups is 1. The van der Waals surface area contributed by atoms with Crippen molar-refractivity contribution >= 4 is 28.4 Å². The molecule has 1 N–H and O–H groups in total. The third kappa shape index (κ3) is 4.90. The van der Waals surface area contributed by atoms with Gasteiger partial charge in [-0.15, -0.1) is 0 Å². The summed E-state index contributed by atoms with van der Waals surface area (Å²) in [5.74, 6) is -0.270. The molecule has 0 aromatic heterocycles. The van der Waals surface area contributed by atoms with E-state index in [0.29, 0.717) is 24.8 Å². The van der Waals surface area contributed by atoms with E-state index >= 15 is 0 Å². The number of rotatable bonds is 6. The van der Waals surface area contributed by atoms with Crippen LogP contribution in [0.1, 0.15) is 41.6 Å². The van der Waals surface area contributed by atoms with Gasteiger partial charge in [-0.3, -0.25) is 4.79 Å². The predicted molar refractivity (Wildman–Crippen MR) is 109 cm³/mol. The fourth-order valence-corrected chi connectivity index (χ4v) is 3.80. The summed E-state index contributed by atoms with van der Waals surface area (Å²) in [6.45, 7) is 2.50. The lowest BCUT2D eigenvalue weighted by molar-refractivity contribution is -0.0260. The second-order valence-electron chi connectivity index (χ2n) is 6.91. The summed E-state index contributed by atoms with van der Waals surface area (Å²) in [5, 5.41) is 10.9. The maximum atomic E-state index is 12.9. The number of hydrogen-bond acceptors (Lipinski definition) is 3. The van der Waals surface area contributed by atoms with E-state index in [1.807, 2.05) is 24.3 Å². The van der Waals surface area contributed by atoms with Crippen LogP contribution in [-0.4, -0.2) is 35.4 Å². The molecular formula is C21H23FINO2. The van der Waals surface area contributed by atoms with Crippen LogP contribution in [0.25, 0.3) is 0 Å². The van der Waals surface area contributed by atoms with Crippen LogP contribution in [-0.2, 0) is 5.60 Å². The molecule has 3 rings (SSSR count). The highest BCUT2D eigenvalue weighted by molar-refractivity contribution is 14.1. The molecule has 0 bridgehead atoms. The van der Waals surface area contributed by atoms with Gasteiger partial charge in [-0.2, -0.15) is 0 Å². The van der Waals surface area contributed by atoms with E-state index in [4.69, 9.17) is 0 Å². The van der Waals surface area contributed by atoms with Crippen LogP contribution in [0, 0.1) is 9.39 Å². The normalized spacial score (nSPS) is 17.2. The van der Waals surface area contributed by atoms with Gasteiger partial charge >= 0.3 is 0 Å². The Hall–Kier alpha value is -1.31. The topological polar surface area (TPSA) is 40.5 Å². The number of Topliss-reactive ketones (excluding diaryl/α,β-unsaturated/α-hetero) is 1. The third-order valence-corrected chi connectivity index (χ3v) is 5.83. The summed E-state index contributed by atoms with van der Waals surface area (Å²) < 4.78 is 14.1. The first-order valence-electron chi connectivity index (χ1n) is 8.96. The molecule has 0 amide bonds. The predicted octanol–water partition coefficient (Wildman–Crippen LogP) is 4.38. The molecule has 0 unspecified atom stereocenters. The minimum absolute atomic E-state index is 0.0532. The van der Waals surface area contributed by atoms with Gasteiger partial charge in [-0.1, -0.05) is 12.1 Å². The standard InChI is InChI=1S/C21H23FINO2/c22-18-7-3-16(4-8-18)20(25)2-1-13-24-14-11-21(26,12-15-24)17-5-9-19(23)10-6-17/h3-10,26H,1-2,11-15H2/i23-5. The van der Waals surface area contributed by atoms with Crippen LogP contribution in [0.3, 0.4) is 0 Å². The summed E-state index contributed by atoms with van der Waals surface area (Å²) in [5.41, 5.74) is 0.812. The van der Waals surface area contributed by atoms with Gasteiger partial charge < -0.3 is 10.0 Å². The summed E-state index contributed by atoms with van der Waals surface area (Å²) in [6.07, 6.45) is 2.65. The van der Waals surface area contributed by atoms with Gasteiger partial charge in [0.2, 0.25) is 0 Å². The van der Waals surface area contributed by atoms with Crippen molar-refractivity contribution in [2.75, 3.05) is 19.6 Å². The molecule has 0 aliphatic carbocycles. The number of carbonyl (C=O) groups excluding carboxylic acids is 1. The van der Waals surface area contributed by atoms with Crippen molar-refractivity contribution < 1.29 is 14.3 Å². The highest BCUT2D eigenvalue weighted by atomic mass is 122. The Morgan fingerprint density at radius 1 is 1.08 bits per heavy atom. The van der Waals surface area contributed by atoms with Gasteiger partial charge in [-0.05, 0) is 90.4 Å². The van der Waals surface area contributed by atoms with E-state index in [0.717, 1.165) is 31.6 Å². The average molecular weight is 462 g/mol. The Morgan fingerprint density at radius 3 is 2.31 bits per heavy atom. The SMILES string of the molecule is O=C(CCCN1CCC(O)(c2ccc([122I])cc2)CC1)c1ccc(F)cc1. The molecule has 0 atom stereocenters. The molecule has 1 heterocycles. The number of aliphatic hydroxyl groups is 1. The largest absolute Gasteiger partial charge is 0.385 e. The number of hydrogen-bond donors (Lipinski definition) is 1. The van der Waals surface area contributed by atoms with Crippen LogP contribution in [0.4, 0.5) is 4.39 Å². The van der Waals surface area contributed by atoms with Crippen molar-refractivity contribution in [2.45, 2.75) is 31.3 Å². The van der Waals surface area contributed by atoms with Crippen molar-refractivity contribution in [1.29, 1.82) is 0 Å². The summed E-state index contributed by atoms with van der Waals surface area (Å²) in [7, 11) is 0. The van der Waals surface area contributed by atoms with Crippen molar-refractivity contribution in [3.8, 4) is 0 Å². The molecule has 1 saturated heterocycles. The lowest BCUT2D eigenvalue weighted by atomic mass is 9.84. The third-order valence-electron chi connectivity index (χ3n) is 5.11. The molecule has 2 aromatic rings. The first kappa shape index (κ1) is 19.5. The van der Waals surface area contributed by atoms with E-state index in [1.54, 1.807) is 12.1 Å². The van der Waals surface area contributed by atoms with Gasteiger partial charge in [0.05, 0.1) is 5.60 Å². The average Bonchev–Trinajstić information content (AvgIpc) is 2.64. The zero-order chi connectivity index (χ0) is 18.6. The first-order valence-corrected chi connectivity index (χ1v) is 10.0. The zero-order valence-electron chi connectivity index (χ0n) is 14.6. The first-order chi connectivity index (χ1) is 12.5. The lowest BCUT2D eigenvalue weighted by Gasteiger charge is -2.38. The van der Waals surface area contributed by atoms with Gasteiger partial charge in [0, 0.05) is 28.6 Å². The Balaban J connectivity index is 1.44. The quantitative estimate of drug-likeness (QED) is 0.512. The Bertz CT molecular complexity index is 738. The van der Waals surface area contributed by atoms with Crippen LogP contribution >= 0.6 is 22.6 Å². The molecule has 0 radical (unpaired) electrons. The van der Waals surface area contributed by atoms with Gasteiger partial charge in [0.1, 0.15) is 5.82 Å². The van der Waals surface area contributed by atoms with Crippen LogP contribution in [0.5, 0.6) is 0 Å². The number of ketones is 1. The molecule has 0 saturated carbocycles. The molecule has 1 aliphatic rings. The molecule has 1 aliphatic heterocycles. The maximum absolute atomic E-state index is 12.9.